The van der Waals surface area contributed by atoms with Crippen LogP contribution in [0.1, 0.15) is 18.5 Å². The topological polar surface area (TPSA) is 75.6 Å². The largest absolute Gasteiger partial charge is 0.497 e. The molecule has 0 aliphatic heterocycles. The molecule has 116 valence electrons. The molecule has 1 amide bonds. The maximum absolute atomic E-state index is 13.0. The molecule has 0 fully saturated rings. The summed E-state index contributed by atoms with van der Waals surface area (Å²) in [6.07, 6.45) is -4.75. The number of ether oxygens (including phenoxy) is 1. The van der Waals surface area contributed by atoms with Crippen LogP contribution in [0.2, 0.25) is 0 Å². The molecule has 0 saturated carbocycles. The first-order valence-electron chi connectivity index (χ1n) is 5.90. The first kappa shape index (κ1) is 16.8. The summed E-state index contributed by atoms with van der Waals surface area (Å²) in [7, 11) is 1.37. The zero-order chi connectivity index (χ0) is 16.2. The molecule has 0 aliphatic carbocycles. The van der Waals surface area contributed by atoms with Crippen molar-refractivity contribution in [3.8, 4) is 5.75 Å². The van der Waals surface area contributed by atoms with Crippen LogP contribution in [0.15, 0.2) is 24.3 Å². The Balaban J connectivity index is 3.01. The zero-order valence-corrected chi connectivity index (χ0v) is 11.3. The van der Waals surface area contributed by atoms with Gasteiger partial charge < -0.3 is 15.2 Å². The minimum Gasteiger partial charge on any atom is -0.497 e. The molecule has 0 saturated heterocycles. The average Bonchev–Trinajstić information content (AvgIpc) is 2.42. The third kappa shape index (κ3) is 4.37. The number of alkyl halides is 3. The summed E-state index contributed by atoms with van der Waals surface area (Å²) < 4.78 is 43.9. The fraction of sp³-hybridized carbons (Fsp3) is 0.385. The summed E-state index contributed by atoms with van der Waals surface area (Å²) in [5.41, 5.74) is -0.214. The van der Waals surface area contributed by atoms with E-state index in [1.165, 1.54) is 19.2 Å². The summed E-state index contributed by atoms with van der Waals surface area (Å²) in [4.78, 5) is 22.2. The van der Waals surface area contributed by atoms with Crippen LogP contribution in [-0.4, -0.2) is 30.3 Å². The van der Waals surface area contributed by atoms with Gasteiger partial charge in [-0.3, -0.25) is 9.59 Å². The summed E-state index contributed by atoms with van der Waals surface area (Å²) >= 11 is 0. The Kier molecular flexibility index (Phi) is 5.17. The molecular weight excluding hydrogens is 291 g/mol. The number of methoxy groups -OCH3 is 1. The number of benzene rings is 1. The van der Waals surface area contributed by atoms with Crippen molar-refractivity contribution in [2.24, 2.45) is 5.92 Å². The van der Waals surface area contributed by atoms with Gasteiger partial charge in [-0.25, -0.2) is 0 Å². The van der Waals surface area contributed by atoms with Crippen molar-refractivity contribution in [2.75, 3.05) is 7.11 Å². The molecule has 0 heterocycles. The molecule has 1 aromatic rings. The van der Waals surface area contributed by atoms with Crippen LogP contribution < -0.4 is 10.1 Å². The monoisotopic (exact) mass is 305 g/mol. The number of hydrogen-bond acceptors (Lipinski definition) is 3. The van der Waals surface area contributed by atoms with Gasteiger partial charge in [-0.2, -0.15) is 13.2 Å². The van der Waals surface area contributed by atoms with Gasteiger partial charge in [0.05, 0.1) is 7.11 Å². The minimum atomic E-state index is -4.75. The van der Waals surface area contributed by atoms with E-state index >= 15 is 0 Å². The van der Waals surface area contributed by atoms with Crippen molar-refractivity contribution in [3.63, 3.8) is 0 Å². The lowest BCUT2D eigenvalue weighted by molar-refractivity contribution is -0.166. The molecule has 1 rings (SSSR count). The second-order valence-electron chi connectivity index (χ2n) is 4.32. The van der Waals surface area contributed by atoms with Gasteiger partial charge >= 0.3 is 12.1 Å². The Bertz CT molecular complexity index is 513. The molecule has 2 N–H and O–H groups in total. The van der Waals surface area contributed by atoms with Crippen molar-refractivity contribution in [3.05, 3.63) is 29.8 Å². The standard InChI is InChI=1S/C13H14F3NO4/c1-7(12(19)20)11(18)17-10(13(14,15)16)8-3-5-9(21-2)6-4-8/h3-7,10H,1-2H3,(H,17,18)(H,19,20). The molecule has 0 radical (unpaired) electrons. The number of amides is 1. The van der Waals surface area contributed by atoms with Crippen LogP contribution in [0.25, 0.3) is 0 Å². The molecular formula is C13H14F3NO4. The van der Waals surface area contributed by atoms with Crippen LogP contribution in [0.5, 0.6) is 5.75 Å². The van der Waals surface area contributed by atoms with Crippen molar-refractivity contribution in [1.82, 2.24) is 5.32 Å². The van der Waals surface area contributed by atoms with E-state index in [9.17, 15) is 22.8 Å². The lowest BCUT2D eigenvalue weighted by Crippen LogP contribution is -2.42. The summed E-state index contributed by atoms with van der Waals surface area (Å²) in [6, 6.07) is 2.67. The van der Waals surface area contributed by atoms with Crippen LogP contribution >= 0.6 is 0 Å². The van der Waals surface area contributed by atoms with Crippen molar-refractivity contribution >= 4 is 11.9 Å². The number of hydrogen-bond donors (Lipinski definition) is 2. The van der Waals surface area contributed by atoms with E-state index in [4.69, 9.17) is 9.84 Å². The predicted molar refractivity (Wildman–Crippen MR) is 66.7 cm³/mol. The van der Waals surface area contributed by atoms with Crippen molar-refractivity contribution in [1.29, 1.82) is 0 Å². The van der Waals surface area contributed by atoms with E-state index in [1.54, 1.807) is 5.32 Å². The normalized spacial score (nSPS) is 14.1. The van der Waals surface area contributed by atoms with Crippen LogP contribution in [0.4, 0.5) is 13.2 Å². The highest BCUT2D eigenvalue weighted by atomic mass is 19.4. The smallest absolute Gasteiger partial charge is 0.412 e. The number of carboxylic acids is 1. The van der Waals surface area contributed by atoms with E-state index in [1.807, 2.05) is 0 Å². The lowest BCUT2D eigenvalue weighted by Gasteiger charge is -2.23. The number of aliphatic carboxylic acids is 1. The van der Waals surface area contributed by atoms with Gasteiger partial charge in [0.2, 0.25) is 5.91 Å². The second kappa shape index (κ2) is 6.47. The summed E-state index contributed by atoms with van der Waals surface area (Å²) in [5.74, 6) is -3.91. The number of halogens is 3. The fourth-order valence-corrected chi connectivity index (χ4v) is 1.53. The van der Waals surface area contributed by atoms with Crippen LogP contribution in [0, 0.1) is 5.92 Å². The first-order chi connectivity index (χ1) is 9.66. The zero-order valence-electron chi connectivity index (χ0n) is 11.3. The third-order valence-electron chi connectivity index (χ3n) is 2.83. The Morgan fingerprint density at radius 1 is 1.24 bits per heavy atom. The van der Waals surface area contributed by atoms with Crippen LogP contribution in [-0.2, 0) is 9.59 Å². The van der Waals surface area contributed by atoms with E-state index in [0.717, 1.165) is 19.1 Å². The van der Waals surface area contributed by atoms with Gasteiger partial charge in [0.25, 0.3) is 0 Å². The number of carbonyl (C=O) groups is 2. The Morgan fingerprint density at radius 2 is 1.76 bits per heavy atom. The highest BCUT2D eigenvalue weighted by Gasteiger charge is 2.42. The summed E-state index contributed by atoms with van der Waals surface area (Å²) in [5, 5.41) is 10.4. The van der Waals surface area contributed by atoms with Gasteiger partial charge in [0.15, 0.2) is 6.04 Å². The molecule has 8 heteroatoms. The van der Waals surface area contributed by atoms with Crippen molar-refractivity contribution in [2.45, 2.75) is 19.1 Å². The van der Waals surface area contributed by atoms with E-state index in [2.05, 4.69) is 0 Å². The maximum Gasteiger partial charge on any atom is 0.412 e. The lowest BCUT2D eigenvalue weighted by atomic mass is 10.0. The molecule has 0 bridgehead atoms. The van der Waals surface area contributed by atoms with Gasteiger partial charge in [-0.05, 0) is 24.6 Å². The molecule has 0 aliphatic rings. The van der Waals surface area contributed by atoms with Gasteiger partial charge in [-0.15, -0.1) is 0 Å². The SMILES string of the molecule is COc1ccc(C(NC(=O)C(C)C(=O)O)C(F)(F)F)cc1. The molecule has 0 spiro atoms. The van der Waals surface area contributed by atoms with E-state index < -0.39 is 30.0 Å². The van der Waals surface area contributed by atoms with E-state index in [0.29, 0.717) is 5.75 Å². The molecule has 2 unspecified atom stereocenters. The van der Waals surface area contributed by atoms with Gasteiger partial charge in [0.1, 0.15) is 11.7 Å². The van der Waals surface area contributed by atoms with E-state index in [-0.39, 0.29) is 5.56 Å². The third-order valence-corrected chi connectivity index (χ3v) is 2.83. The maximum atomic E-state index is 13.0. The second-order valence-corrected chi connectivity index (χ2v) is 4.32. The number of nitrogens with one attached hydrogen (secondary N) is 1. The molecule has 0 aromatic heterocycles. The quantitative estimate of drug-likeness (QED) is 0.817. The molecule has 1 aromatic carbocycles. The first-order valence-corrected chi connectivity index (χ1v) is 5.90. The van der Waals surface area contributed by atoms with Crippen LogP contribution in [0.3, 0.4) is 0 Å². The Hall–Kier alpha value is -2.25. The number of rotatable bonds is 5. The summed E-state index contributed by atoms with van der Waals surface area (Å²) in [6.45, 7) is 1.01. The highest BCUT2D eigenvalue weighted by Crippen LogP contribution is 2.33. The Labute approximate surface area is 118 Å². The predicted octanol–water partition coefficient (Wildman–Crippen LogP) is 2.14. The van der Waals surface area contributed by atoms with Crippen molar-refractivity contribution < 1.29 is 32.6 Å². The fourth-order valence-electron chi connectivity index (χ4n) is 1.53. The highest BCUT2D eigenvalue weighted by molar-refractivity contribution is 5.96. The molecule has 2 atom stereocenters. The average molecular weight is 305 g/mol. The molecule has 5 nitrogen and oxygen atoms in total. The van der Waals surface area contributed by atoms with Gasteiger partial charge in [-0.1, -0.05) is 12.1 Å². The molecule has 21 heavy (non-hydrogen) atoms. The Morgan fingerprint density at radius 3 is 2.14 bits per heavy atom. The number of carboxylic acid groups (broad SMARTS) is 1. The minimum absolute atomic E-state index is 0.214. The van der Waals surface area contributed by atoms with Gasteiger partial charge in [0, 0.05) is 0 Å². The number of carbonyl (C=O) groups excluding carboxylic acids is 1.